The van der Waals surface area contributed by atoms with E-state index in [0.29, 0.717) is 17.8 Å². The molecule has 2 heterocycles. The van der Waals surface area contributed by atoms with Crippen molar-refractivity contribution in [3.05, 3.63) is 18.6 Å². The molecule has 0 saturated carbocycles. The zero-order chi connectivity index (χ0) is 10.7. The number of anilines is 1. The quantitative estimate of drug-likeness (QED) is 0.833. The lowest BCUT2D eigenvalue weighted by molar-refractivity contribution is 0.429. The van der Waals surface area contributed by atoms with Gasteiger partial charge in [0.05, 0.1) is 11.8 Å². The monoisotopic (exact) mass is 207 g/mol. The maximum absolute atomic E-state index is 5.02. The van der Waals surface area contributed by atoms with Crippen LogP contribution >= 0.6 is 0 Å². The second-order valence-electron chi connectivity index (χ2n) is 3.71. The van der Waals surface area contributed by atoms with E-state index in [2.05, 4.69) is 29.3 Å². The van der Waals surface area contributed by atoms with Gasteiger partial charge in [-0.25, -0.2) is 0 Å². The standard InChI is InChI=1S/C10H13N3O2/c1-7(2)5-11-10-12-9(13-15-10)8-3-4-14-6-8/h3-4,6-7H,5H2,1-2H3,(H,11,12,13). The first-order valence-corrected chi connectivity index (χ1v) is 4.86. The number of nitrogens with one attached hydrogen (secondary N) is 1. The Kier molecular flexibility index (Phi) is 2.71. The summed E-state index contributed by atoms with van der Waals surface area (Å²) in [6.07, 6.45) is 3.16. The summed E-state index contributed by atoms with van der Waals surface area (Å²) in [4.78, 5) is 4.18. The highest BCUT2D eigenvalue weighted by molar-refractivity contribution is 5.52. The van der Waals surface area contributed by atoms with Crippen molar-refractivity contribution in [3.63, 3.8) is 0 Å². The smallest absolute Gasteiger partial charge is 0.321 e. The van der Waals surface area contributed by atoms with Crippen LogP contribution in [0.2, 0.25) is 0 Å². The van der Waals surface area contributed by atoms with E-state index in [-0.39, 0.29) is 0 Å². The van der Waals surface area contributed by atoms with Crippen LogP contribution in [0.25, 0.3) is 11.4 Å². The molecule has 0 aliphatic heterocycles. The van der Waals surface area contributed by atoms with Gasteiger partial charge in [-0.05, 0) is 12.0 Å². The maximum Gasteiger partial charge on any atom is 0.321 e. The van der Waals surface area contributed by atoms with Gasteiger partial charge < -0.3 is 14.3 Å². The lowest BCUT2D eigenvalue weighted by Gasteiger charge is -2.02. The van der Waals surface area contributed by atoms with Crippen molar-refractivity contribution < 1.29 is 8.94 Å². The molecule has 2 rings (SSSR count). The minimum atomic E-state index is 0.444. The van der Waals surface area contributed by atoms with Gasteiger partial charge >= 0.3 is 6.01 Å². The highest BCUT2D eigenvalue weighted by atomic mass is 16.5. The highest BCUT2D eigenvalue weighted by Crippen LogP contribution is 2.17. The normalized spacial score (nSPS) is 10.9. The molecule has 0 saturated heterocycles. The van der Waals surface area contributed by atoms with Gasteiger partial charge in [0, 0.05) is 6.54 Å². The van der Waals surface area contributed by atoms with E-state index < -0.39 is 0 Å². The molecule has 2 aromatic rings. The van der Waals surface area contributed by atoms with Crippen molar-refractivity contribution in [2.75, 3.05) is 11.9 Å². The number of hydrogen-bond donors (Lipinski definition) is 1. The molecular formula is C10H13N3O2. The van der Waals surface area contributed by atoms with E-state index in [1.165, 1.54) is 0 Å². The van der Waals surface area contributed by atoms with Crippen LogP contribution in [0.5, 0.6) is 0 Å². The van der Waals surface area contributed by atoms with Crippen LogP contribution < -0.4 is 5.32 Å². The Balaban J connectivity index is 2.04. The Bertz CT molecular complexity index is 406. The Morgan fingerprint density at radius 1 is 1.47 bits per heavy atom. The van der Waals surface area contributed by atoms with Gasteiger partial charge in [0.1, 0.15) is 6.26 Å². The van der Waals surface area contributed by atoms with Crippen molar-refractivity contribution >= 4 is 6.01 Å². The minimum Gasteiger partial charge on any atom is -0.472 e. The summed E-state index contributed by atoms with van der Waals surface area (Å²) in [5.41, 5.74) is 0.816. The van der Waals surface area contributed by atoms with Gasteiger partial charge in [0.2, 0.25) is 5.82 Å². The Morgan fingerprint density at radius 2 is 2.33 bits per heavy atom. The molecule has 5 nitrogen and oxygen atoms in total. The van der Waals surface area contributed by atoms with E-state index in [9.17, 15) is 0 Å². The lowest BCUT2D eigenvalue weighted by atomic mass is 10.2. The maximum atomic E-state index is 5.02. The van der Waals surface area contributed by atoms with Crippen LogP contribution in [0.15, 0.2) is 27.5 Å². The summed E-state index contributed by atoms with van der Waals surface area (Å²) in [5.74, 6) is 1.07. The molecule has 5 heteroatoms. The van der Waals surface area contributed by atoms with E-state index in [1.54, 1.807) is 18.6 Å². The minimum absolute atomic E-state index is 0.444. The van der Waals surface area contributed by atoms with Crippen LogP contribution in [-0.4, -0.2) is 16.7 Å². The molecule has 0 spiro atoms. The number of rotatable bonds is 4. The summed E-state index contributed by atoms with van der Waals surface area (Å²) >= 11 is 0. The summed E-state index contributed by atoms with van der Waals surface area (Å²) in [5, 5.41) is 6.88. The van der Waals surface area contributed by atoms with Gasteiger partial charge in [-0.3, -0.25) is 0 Å². The molecule has 15 heavy (non-hydrogen) atoms. The number of furan rings is 1. The van der Waals surface area contributed by atoms with Gasteiger partial charge in [-0.2, -0.15) is 4.98 Å². The number of hydrogen-bond acceptors (Lipinski definition) is 5. The first-order valence-electron chi connectivity index (χ1n) is 4.86. The summed E-state index contributed by atoms with van der Waals surface area (Å²) in [6.45, 7) is 5.04. The molecule has 0 aliphatic carbocycles. The predicted octanol–water partition coefficient (Wildman–Crippen LogP) is 2.40. The van der Waals surface area contributed by atoms with Crippen molar-refractivity contribution in [1.29, 1.82) is 0 Å². The van der Waals surface area contributed by atoms with E-state index in [4.69, 9.17) is 8.94 Å². The third kappa shape index (κ3) is 2.37. The largest absolute Gasteiger partial charge is 0.472 e. The average molecular weight is 207 g/mol. The molecule has 0 unspecified atom stereocenters. The highest BCUT2D eigenvalue weighted by Gasteiger charge is 2.08. The van der Waals surface area contributed by atoms with Gasteiger partial charge in [-0.1, -0.05) is 19.0 Å². The molecule has 0 fully saturated rings. The van der Waals surface area contributed by atoms with Crippen LogP contribution in [0.3, 0.4) is 0 Å². The van der Waals surface area contributed by atoms with Gasteiger partial charge in [-0.15, -0.1) is 0 Å². The number of aromatic nitrogens is 2. The fourth-order valence-corrected chi connectivity index (χ4v) is 1.10. The summed E-state index contributed by atoms with van der Waals surface area (Å²) in [6, 6.07) is 2.23. The topological polar surface area (TPSA) is 64.1 Å². The van der Waals surface area contributed by atoms with Crippen molar-refractivity contribution in [1.82, 2.24) is 10.1 Å². The van der Waals surface area contributed by atoms with Crippen molar-refractivity contribution in [2.45, 2.75) is 13.8 Å². The summed E-state index contributed by atoms with van der Waals surface area (Å²) < 4.78 is 9.96. The van der Waals surface area contributed by atoms with Gasteiger partial charge in [0.25, 0.3) is 0 Å². The van der Waals surface area contributed by atoms with E-state index >= 15 is 0 Å². The molecule has 0 amide bonds. The second-order valence-corrected chi connectivity index (χ2v) is 3.71. The van der Waals surface area contributed by atoms with Crippen LogP contribution in [0.4, 0.5) is 6.01 Å². The SMILES string of the molecule is CC(C)CNc1nc(-c2ccoc2)no1. The third-order valence-corrected chi connectivity index (χ3v) is 1.87. The summed E-state index contributed by atoms with van der Waals surface area (Å²) in [7, 11) is 0. The second kappa shape index (κ2) is 4.16. The zero-order valence-corrected chi connectivity index (χ0v) is 8.73. The molecule has 0 bridgehead atoms. The molecule has 80 valence electrons. The zero-order valence-electron chi connectivity index (χ0n) is 8.73. The Labute approximate surface area is 87.5 Å². The third-order valence-electron chi connectivity index (χ3n) is 1.87. The first-order chi connectivity index (χ1) is 7.25. The average Bonchev–Trinajstić information content (AvgIpc) is 2.85. The van der Waals surface area contributed by atoms with Crippen LogP contribution in [0, 0.1) is 5.92 Å². The fraction of sp³-hybridized carbons (Fsp3) is 0.400. The lowest BCUT2D eigenvalue weighted by Crippen LogP contribution is -2.07. The van der Waals surface area contributed by atoms with Crippen molar-refractivity contribution in [3.8, 4) is 11.4 Å². The molecule has 2 aromatic heterocycles. The molecule has 0 aromatic carbocycles. The van der Waals surface area contributed by atoms with Crippen LogP contribution in [-0.2, 0) is 0 Å². The fourth-order valence-electron chi connectivity index (χ4n) is 1.10. The molecule has 0 atom stereocenters. The Hall–Kier alpha value is -1.78. The first kappa shape index (κ1) is 9.76. The Morgan fingerprint density at radius 3 is 3.00 bits per heavy atom. The molecule has 1 N–H and O–H groups in total. The van der Waals surface area contributed by atoms with E-state index in [0.717, 1.165) is 12.1 Å². The molecular weight excluding hydrogens is 194 g/mol. The number of nitrogens with zero attached hydrogens (tertiary/aromatic N) is 2. The van der Waals surface area contributed by atoms with E-state index in [1.807, 2.05) is 0 Å². The molecule has 0 radical (unpaired) electrons. The van der Waals surface area contributed by atoms with Crippen molar-refractivity contribution in [2.24, 2.45) is 5.92 Å². The molecule has 0 aliphatic rings. The predicted molar refractivity (Wildman–Crippen MR) is 55.3 cm³/mol. The van der Waals surface area contributed by atoms with Gasteiger partial charge in [0.15, 0.2) is 0 Å². The van der Waals surface area contributed by atoms with Crippen LogP contribution in [0.1, 0.15) is 13.8 Å².